The quantitative estimate of drug-likeness (QED) is 0.113. The first-order valence-electron chi connectivity index (χ1n) is 15.2. The number of nitrogens with zero attached hydrogens (tertiary/aromatic N) is 3. The first-order valence-corrected chi connectivity index (χ1v) is 15.2. The fourth-order valence-corrected chi connectivity index (χ4v) is 4.87. The summed E-state index contributed by atoms with van der Waals surface area (Å²) in [6.07, 6.45) is 4.90. The van der Waals surface area contributed by atoms with Crippen molar-refractivity contribution >= 4 is 35.0 Å². The zero-order chi connectivity index (χ0) is 31.9. The average molecular weight is 614 g/mol. The highest BCUT2D eigenvalue weighted by Crippen LogP contribution is 2.28. The Kier molecular flexibility index (Phi) is 14.1. The molecule has 44 heavy (non-hydrogen) atoms. The summed E-state index contributed by atoms with van der Waals surface area (Å²) in [4.78, 5) is 50.8. The van der Waals surface area contributed by atoms with Crippen molar-refractivity contribution in [2.75, 3.05) is 49.2 Å². The molecule has 0 bridgehead atoms. The lowest BCUT2D eigenvalue weighted by atomic mass is 9.93. The third-order valence-electron chi connectivity index (χ3n) is 7.38. The maximum atomic E-state index is 12.2. The first-order chi connectivity index (χ1) is 21.2. The number of nitrogens with two attached hydrogens (primary N) is 2. The van der Waals surface area contributed by atoms with Crippen molar-refractivity contribution < 1.29 is 24.0 Å². The Hall–Kier alpha value is -4.01. The van der Waals surface area contributed by atoms with Crippen LogP contribution in [-0.4, -0.2) is 71.5 Å². The molecule has 1 fully saturated rings. The number of piperidine rings is 1. The van der Waals surface area contributed by atoms with Gasteiger partial charge in [0.15, 0.2) is 11.6 Å². The molecule has 242 valence electrons. The molecule has 1 aliphatic heterocycles. The van der Waals surface area contributed by atoms with E-state index in [1.165, 1.54) is 12.5 Å². The van der Waals surface area contributed by atoms with E-state index in [1.54, 1.807) is 6.92 Å². The molecule has 0 radical (unpaired) electrons. The van der Waals surface area contributed by atoms with E-state index >= 15 is 0 Å². The molecule has 1 atom stereocenters. The van der Waals surface area contributed by atoms with Gasteiger partial charge in [-0.25, -0.2) is 5.90 Å². The number of carbonyl (C=O) groups is 3. The van der Waals surface area contributed by atoms with Gasteiger partial charge >= 0.3 is 6.01 Å². The average Bonchev–Trinajstić information content (AvgIpc) is 2.99. The minimum Gasteiger partial charge on any atom is -0.463 e. The largest absolute Gasteiger partial charge is 0.463 e. The minimum atomic E-state index is -0.642. The molecule has 0 saturated carbocycles. The summed E-state index contributed by atoms with van der Waals surface area (Å²) in [7, 11) is 0. The molecule has 1 aromatic heterocycles. The van der Waals surface area contributed by atoms with Crippen LogP contribution in [0.3, 0.4) is 0 Å². The van der Waals surface area contributed by atoms with Gasteiger partial charge in [0.2, 0.25) is 17.7 Å². The number of anilines is 3. The SMILES string of the molecule is CCCCOc1nc(N)c(NC(C)=O)c(NCc2ccc(CN3CCC(CCNC(=O)[C@H](C)NC(=O)CON)CC3)cc2)n1. The van der Waals surface area contributed by atoms with Crippen LogP contribution in [0.15, 0.2) is 24.3 Å². The van der Waals surface area contributed by atoms with Crippen molar-refractivity contribution in [3.05, 3.63) is 35.4 Å². The zero-order valence-electron chi connectivity index (χ0n) is 26.0. The molecule has 0 spiro atoms. The van der Waals surface area contributed by atoms with E-state index in [4.69, 9.17) is 16.4 Å². The Balaban J connectivity index is 1.43. The number of hydrogen-bond acceptors (Lipinski definition) is 11. The number of unbranched alkanes of at least 4 members (excludes halogenated alkanes) is 1. The summed E-state index contributed by atoms with van der Waals surface area (Å²) >= 11 is 0. The third kappa shape index (κ3) is 11.6. The molecular formula is C30H47N9O5. The number of benzene rings is 1. The van der Waals surface area contributed by atoms with Gasteiger partial charge in [0.1, 0.15) is 18.3 Å². The number of nitrogen functional groups attached to an aromatic ring is 1. The molecule has 1 saturated heterocycles. The second kappa shape index (κ2) is 18.0. The van der Waals surface area contributed by atoms with Crippen molar-refractivity contribution in [1.82, 2.24) is 25.5 Å². The first kappa shape index (κ1) is 34.5. The van der Waals surface area contributed by atoms with Gasteiger partial charge in [0, 0.05) is 26.6 Å². The van der Waals surface area contributed by atoms with Gasteiger partial charge < -0.3 is 31.7 Å². The minimum absolute atomic E-state index is 0.141. The van der Waals surface area contributed by atoms with Crippen LogP contribution in [0.4, 0.5) is 17.3 Å². The number of likely N-dealkylation sites (tertiary alicyclic amines) is 1. The maximum absolute atomic E-state index is 12.2. The standard InChI is InChI=1S/C30H47N9O5/c1-4-5-16-43-30-37-27(31)26(36-21(3)40)28(38-30)34-17-23-6-8-24(9-7-23)18-39-14-11-22(12-15-39)10-13-33-29(42)20(2)35-25(41)19-44-32/h6-9,20,22H,4-5,10-19,32H2,1-3H3,(H,33,42)(H,35,41)(H,36,40)(H3,31,34,37,38)/t20-/m0/s1. The highest BCUT2D eigenvalue weighted by Gasteiger charge is 2.21. The van der Waals surface area contributed by atoms with Crippen LogP contribution < -0.4 is 37.6 Å². The molecule has 0 aliphatic carbocycles. The molecule has 14 heteroatoms. The van der Waals surface area contributed by atoms with Gasteiger partial charge in [0.05, 0.1) is 6.61 Å². The second-order valence-corrected chi connectivity index (χ2v) is 11.1. The molecule has 1 aromatic carbocycles. The summed E-state index contributed by atoms with van der Waals surface area (Å²) in [6.45, 7) is 9.23. The van der Waals surface area contributed by atoms with E-state index in [0.29, 0.717) is 37.1 Å². The van der Waals surface area contributed by atoms with Crippen LogP contribution in [0.1, 0.15) is 64.0 Å². The number of amides is 3. The van der Waals surface area contributed by atoms with E-state index in [1.807, 2.05) is 0 Å². The molecule has 2 aromatic rings. The Morgan fingerprint density at radius 3 is 2.48 bits per heavy atom. The van der Waals surface area contributed by atoms with Crippen molar-refractivity contribution in [3.63, 3.8) is 0 Å². The van der Waals surface area contributed by atoms with Gasteiger partial charge in [0.25, 0.3) is 0 Å². The van der Waals surface area contributed by atoms with Crippen LogP contribution in [0.2, 0.25) is 0 Å². The number of nitrogens with one attached hydrogen (secondary N) is 4. The predicted octanol–water partition coefficient (Wildman–Crippen LogP) is 1.92. The van der Waals surface area contributed by atoms with E-state index in [-0.39, 0.29) is 30.2 Å². The van der Waals surface area contributed by atoms with Gasteiger partial charge in [-0.05, 0) is 62.7 Å². The summed E-state index contributed by atoms with van der Waals surface area (Å²) in [5, 5.41) is 11.4. The van der Waals surface area contributed by atoms with Crippen LogP contribution in [-0.2, 0) is 32.3 Å². The highest BCUT2D eigenvalue weighted by atomic mass is 16.6. The van der Waals surface area contributed by atoms with E-state index in [2.05, 4.69) is 72.2 Å². The summed E-state index contributed by atoms with van der Waals surface area (Å²) in [6, 6.07) is 7.93. The summed E-state index contributed by atoms with van der Waals surface area (Å²) < 4.78 is 5.63. The Bertz CT molecular complexity index is 1220. The lowest BCUT2D eigenvalue weighted by Crippen LogP contribution is -2.46. The van der Waals surface area contributed by atoms with E-state index < -0.39 is 11.9 Å². The monoisotopic (exact) mass is 613 g/mol. The fourth-order valence-electron chi connectivity index (χ4n) is 4.87. The number of ether oxygens (including phenoxy) is 1. The smallest absolute Gasteiger partial charge is 0.320 e. The van der Waals surface area contributed by atoms with E-state index in [0.717, 1.165) is 57.3 Å². The van der Waals surface area contributed by atoms with Gasteiger partial charge in [-0.2, -0.15) is 9.97 Å². The normalized spacial score (nSPS) is 14.5. The van der Waals surface area contributed by atoms with Crippen LogP contribution in [0.5, 0.6) is 6.01 Å². The molecule has 14 nitrogen and oxygen atoms in total. The fraction of sp³-hybridized carbons (Fsp3) is 0.567. The van der Waals surface area contributed by atoms with Crippen molar-refractivity contribution in [2.24, 2.45) is 11.8 Å². The lowest BCUT2D eigenvalue weighted by Gasteiger charge is -2.32. The molecule has 3 amide bonds. The molecule has 0 unspecified atom stereocenters. The molecule has 2 heterocycles. The highest BCUT2D eigenvalue weighted by molar-refractivity contribution is 5.95. The zero-order valence-corrected chi connectivity index (χ0v) is 26.0. The van der Waals surface area contributed by atoms with Gasteiger partial charge in [-0.1, -0.05) is 37.6 Å². The van der Waals surface area contributed by atoms with E-state index in [9.17, 15) is 14.4 Å². The maximum Gasteiger partial charge on any atom is 0.320 e. The van der Waals surface area contributed by atoms with Crippen molar-refractivity contribution in [1.29, 1.82) is 0 Å². The topological polar surface area (TPSA) is 199 Å². The van der Waals surface area contributed by atoms with Crippen molar-refractivity contribution in [2.45, 2.75) is 72.0 Å². The Morgan fingerprint density at radius 2 is 1.82 bits per heavy atom. The summed E-state index contributed by atoms with van der Waals surface area (Å²) in [5.74, 6) is 5.06. The summed E-state index contributed by atoms with van der Waals surface area (Å²) in [5.41, 5.74) is 8.72. The Morgan fingerprint density at radius 1 is 1.11 bits per heavy atom. The van der Waals surface area contributed by atoms with Crippen molar-refractivity contribution in [3.8, 4) is 6.01 Å². The Labute approximate surface area is 259 Å². The number of carbonyl (C=O) groups excluding carboxylic acids is 3. The third-order valence-corrected chi connectivity index (χ3v) is 7.38. The molecular weight excluding hydrogens is 566 g/mol. The number of hydrogen-bond donors (Lipinski definition) is 6. The van der Waals surface area contributed by atoms with Gasteiger partial charge in [-0.15, -0.1) is 0 Å². The number of rotatable bonds is 17. The lowest BCUT2D eigenvalue weighted by molar-refractivity contribution is -0.131. The van der Waals surface area contributed by atoms with Crippen LogP contribution in [0.25, 0.3) is 0 Å². The molecule has 3 rings (SSSR count). The van der Waals surface area contributed by atoms with Gasteiger partial charge in [-0.3, -0.25) is 24.1 Å². The molecule has 8 N–H and O–H groups in total. The number of aromatic nitrogens is 2. The van der Waals surface area contributed by atoms with Crippen LogP contribution in [0, 0.1) is 5.92 Å². The second-order valence-electron chi connectivity index (χ2n) is 11.1. The van der Waals surface area contributed by atoms with Crippen LogP contribution >= 0.6 is 0 Å². The predicted molar refractivity (Wildman–Crippen MR) is 168 cm³/mol. The molecule has 1 aliphatic rings.